The van der Waals surface area contributed by atoms with Gasteiger partial charge in [0.25, 0.3) is 0 Å². The van der Waals surface area contributed by atoms with Crippen LogP contribution in [0.1, 0.15) is 11.1 Å². The monoisotopic (exact) mass is 332 g/mol. The van der Waals surface area contributed by atoms with E-state index in [1.54, 1.807) is 0 Å². The molecule has 2 nitrogen and oxygen atoms in total. The van der Waals surface area contributed by atoms with Crippen LogP contribution >= 0.6 is 11.6 Å². The van der Waals surface area contributed by atoms with Gasteiger partial charge in [-0.15, -0.1) is 0 Å². The van der Waals surface area contributed by atoms with Gasteiger partial charge in [0, 0.05) is 16.1 Å². The van der Waals surface area contributed by atoms with Gasteiger partial charge in [0.05, 0.1) is 16.7 Å². The van der Waals surface area contributed by atoms with Gasteiger partial charge in [-0.3, -0.25) is 4.57 Å². The average Bonchev–Trinajstić information content (AvgIpc) is 2.99. The molecule has 118 valence electrons. The number of aryl methyl sites for hydroxylation is 2. The van der Waals surface area contributed by atoms with Gasteiger partial charge in [0.15, 0.2) is 0 Å². The molecule has 0 saturated heterocycles. The lowest BCUT2D eigenvalue weighted by molar-refractivity contribution is 1.09. The van der Waals surface area contributed by atoms with E-state index in [4.69, 9.17) is 11.6 Å². The average molecular weight is 333 g/mol. The van der Waals surface area contributed by atoms with Crippen molar-refractivity contribution in [2.75, 3.05) is 0 Å². The third-order valence-corrected chi connectivity index (χ3v) is 4.67. The van der Waals surface area contributed by atoms with Crippen LogP contribution in [-0.2, 0) is 0 Å². The summed E-state index contributed by atoms with van der Waals surface area (Å²) in [5.41, 5.74) is 7.71. The molecule has 0 atom stereocenters. The van der Waals surface area contributed by atoms with Crippen molar-refractivity contribution in [1.29, 1.82) is 0 Å². The van der Waals surface area contributed by atoms with Crippen molar-refractivity contribution in [2.45, 2.75) is 13.8 Å². The molecule has 0 aliphatic rings. The predicted molar refractivity (Wildman–Crippen MR) is 101 cm³/mol. The SMILES string of the molecule is Cc1ccc(-c2c(C)cccc2-n2cnc3ccccc32)c(Cl)c1. The van der Waals surface area contributed by atoms with Crippen molar-refractivity contribution in [1.82, 2.24) is 9.55 Å². The molecule has 0 unspecified atom stereocenters. The molecule has 0 spiro atoms. The molecule has 4 aromatic rings. The van der Waals surface area contributed by atoms with Gasteiger partial charge >= 0.3 is 0 Å². The quantitative estimate of drug-likeness (QED) is 0.442. The number of rotatable bonds is 2. The molecule has 0 fully saturated rings. The van der Waals surface area contributed by atoms with Crippen LogP contribution in [0.15, 0.2) is 67.0 Å². The van der Waals surface area contributed by atoms with E-state index in [1.165, 1.54) is 5.56 Å². The zero-order valence-corrected chi connectivity index (χ0v) is 14.4. The Hall–Kier alpha value is -2.58. The minimum Gasteiger partial charge on any atom is -0.298 e. The maximum absolute atomic E-state index is 6.56. The molecule has 24 heavy (non-hydrogen) atoms. The number of fused-ring (bicyclic) bond motifs is 1. The van der Waals surface area contributed by atoms with Crippen LogP contribution in [0.2, 0.25) is 5.02 Å². The summed E-state index contributed by atoms with van der Waals surface area (Å²) in [6.45, 7) is 4.17. The Labute approximate surface area is 146 Å². The molecule has 0 aliphatic heterocycles. The Morgan fingerprint density at radius 3 is 2.58 bits per heavy atom. The van der Waals surface area contributed by atoms with Crippen LogP contribution < -0.4 is 0 Å². The molecule has 0 radical (unpaired) electrons. The lowest BCUT2D eigenvalue weighted by Crippen LogP contribution is -1.98. The summed E-state index contributed by atoms with van der Waals surface area (Å²) in [6, 6.07) is 20.7. The lowest BCUT2D eigenvalue weighted by Gasteiger charge is -2.16. The summed E-state index contributed by atoms with van der Waals surface area (Å²) in [5, 5.41) is 0.773. The Bertz CT molecular complexity index is 1050. The van der Waals surface area contributed by atoms with Crippen molar-refractivity contribution in [2.24, 2.45) is 0 Å². The number of hydrogen-bond acceptors (Lipinski definition) is 1. The molecule has 1 aromatic heterocycles. The van der Waals surface area contributed by atoms with Gasteiger partial charge < -0.3 is 0 Å². The summed E-state index contributed by atoms with van der Waals surface area (Å²) in [4.78, 5) is 4.53. The molecule has 0 amide bonds. The second-order valence-corrected chi connectivity index (χ2v) is 6.46. The Morgan fingerprint density at radius 1 is 0.917 bits per heavy atom. The Balaban J connectivity index is 2.03. The molecule has 3 heteroatoms. The normalized spacial score (nSPS) is 11.1. The Kier molecular flexibility index (Phi) is 3.62. The van der Waals surface area contributed by atoms with E-state index in [9.17, 15) is 0 Å². The molecule has 3 aromatic carbocycles. The third kappa shape index (κ3) is 2.40. The van der Waals surface area contributed by atoms with Crippen molar-refractivity contribution < 1.29 is 0 Å². The highest BCUT2D eigenvalue weighted by molar-refractivity contribution is 6.33. The van der Waals surface area contributed by atoms with E-state index in [1.807, 2.05) is 30.6 Å². The molecule has 0 N–H and O–H groups in total. The highest BCUT2D eigenvalue weighted by atomic mass is 35.5. The fraction of sp³-hybridized carbons (Fsp3) is 0.0952. The van der Waals surface area contributed by atoms with E-state index in [0.717, 1.165) is 38.4 Å². The molecule has 0 bridgehead atoms. The first-order valence-corrected chi connectivity index (χ1v) is 8.31. The lowest BCUT2D eigenvalue weighted by atomic mass is 9.97. The number of para-hydroxylation sites is 2. The highest BCUT2D eigenvalue weighted by Gasteiger charge is 2.14. The summed E-state index contributed by atoms with van der Waals surface area (Å²) in [6.07, 6.45) is 1.88. The second kappa shape index (κ2) is 5.81. The smallest absolute Gasteiger partial charge is 0.100 e. The topological polar surface area (TPSA) is 17.8 Å². The van der Waals surface area contributed by atoms with Gasteiger partial charge in [-0.25, -0.2) is 4.98 Å². The molecular formula is C21H17ClN2. The first kappa shape index (κ1) is 15.0. The number of aromatic nitrogens is 2. The van der Waals surface area contributed by atoms with Crippen molar-refractivity contribution in [3.05, 3.63) is 83.1 Å². The third-order valence-electron chi connectivity index (χ3n) is 4.36. The Morgan fingerprint density at radius 2 is 1.75 bits per heavy atom. The summed E-state index contributed by atoms with van der Waals surface area (Å²) < 4.78 is 2.13. The van der Waals surface area contributed by atoms with E-state index < -0.39 is 0 Å². The summed E-state index contributed by atoms with van der Waals surface area (Å²) >= 11 is 6.56. The molecule has 1 heterocycles. The van der Waals surface area contributed by atoms with Gasteiger partial charge in [0.2, 0.25) is 0 Å². The van der Waals surface area contributed by atoms with Gasteiger partial charge in [0.1, 0.15) is 6.33 Å². The van der Waals surface area contributed by atoms with Gasteiger partial charge in [-0.2, -0.15) is 0 Å². The minimum absolute atomic E-state index is 0.773. The molecule has 0 aliphatic carbocycles. The van der Waals surface area contributed by atoms with Crippen LogP contribution in [0.3, 0.4) is 0 Å². The predicted octanol–water partition coefficient (Wildman–Crippen LogP) is 5.96. The van der Waals surface area contributed by atoms with E-state index in [2.05, 4.69) is 59.8 Å². The molecule has 0 saturated carbocycles. The van der Waals surface area contributed by atoms with Crippen molar-refractivity contribution in [3.63, 3.8) is 0 Å². The van der Waals surface area contributed by atoms with E-state index >= 15 is 0 Å². The standard InChI is InChI=1S/C21H17ClN2/c1-14-10-11-16(17(22)12-14)21-15(2)6-5-9-20(21)24-13-23-18-7-3-4-8-19(18)24/h3-13H,1-2H3. The molecular weight excluding hydrogens is 316 g/mol. The van der Waals surface area contributed by atoms with E-state index in [-0.39, 0.29) is 0 Å². The first-order chi connectivity index (χ1) is 11.6. The van der Waals surface area contributed by atoms with Crippen LogP contribution in [0.4, 0.5) is 0 Å². The largest absolute Gasteiger partial charge is 0.298 e. The van der Waals surface area contributed by atoms with Crippen molar-refractivity contribution in [3.8, 4) is 16.8 Å². The number of benzene rings is 3. The van der Waals surface area contributed by atoms with Gasteiger partial charge in [-0.05, 0) is 49.2 Å². The maximum atomic E-state index is 6.56. The van der Waals surface area contributed by atoms with E-state index in [0.29, 0.717) is 0 Å². The van der Waals surface area contributed by atoms with Crippen LogP contribution in [0.25, 0.3) is 27.8 Å². The maximum Gasteiger partial charge on any atom is 0.100 e. The first-order valence-electron chi connectivity index (χ1n) is 7.94. The van der Waals surface area contributed by atoms with Crippen LogP contribution in [-0.4, -0.2) is 9.55 Å². The summed E-state index contributed by atoms with van der Waals surface area (Å²) in [5.74, 6) is 0. The zero-order valence-electron chi connectivity index (χ0n) is 13.6. The number of halogens is 1. The van der Waals surface area contributed by atoms with Crippen LogP contribution in [0.5, 0.6) is 0 Å². The fourth-order valence-corrected chi connectivity index (χ4v) is 3.51. The van der Waals surface area contributed by atoms with Gasteiger partial charge in [-0.1, -0.05) is 48.0 Å². The summed E-state index contributed by atoms with van der Waals surface area (Å²) in [7, 11) is 0. The van der Waals surface area contributed by atoms with Crippen LogP contribution in [0, 0.1) is 13.8 Å². The second-order valence-electron chi connectivity index (χ2n) is 6.06. The highest BCUT2D eigenvalue weighted by Crippen LogP contribution is 2.36. The zero-order chi connectivity index (χ0) is 16.7. The number of imidazole rings is 1. The fourth-order valence-electron chi connectivity index (χ4n) is 3.18. The molecule has 4 rings (SSSR count). The van der Waals surface area contributed by atoms with Crippen molar-refractivity contribution >= 4 is 22.6 Å². The number of hydrogen-bond donors (Lipinski definition) is 0. The minimum atomic E-state index is 0.773. The number of nitrogens with zero attached hydrogens (tertiary/aromatic N) is 2.